The third-order valence-electron chi connectivity index (χ3n) is 4.67. The lowest BCUT2D eigenvalue weighted by atomic mass is 10.1. The lowest BCUT2D eigenvalue weighted by Crippen LogP contribution is -2.38. The SMILES string of the molecule is CCN(CC)CCN(C(=O)c1snnc1C)c1nc2c(C)cc(C)cc2s1. The molecule has 144 valence electrons. The van der Waals surface area contributed by atoms with Crippen LogP contribution in [0.25, 0.3) is 10.2 Å². The summed E-state index contributed by atoms with van der Waals surface area (Å²) in [7, 11) is 0. The highest BCUT2D eigenvalue weighted by Crippen LogP contribution is 2.32. The molecule has 0 saturated carbocycles. The van der Waals surface area contributed by atoms with Crippen molar-refractivity contribution in [1.82, 2.24) is 19.5 Å². The number of likely N-dealkylation sites (N-methyl/N-ethyl adjacent to an activating group) is 1. The lowest BCUT2D eigenvalue weighted by molar-refractivity contribution is 0.0987. The fourth-order valence-electron chi connectivity index (χ4n) is 3.09. The summed E-state index contributed by atoms with van der Waals surface area (Å²) in [5.41, 5.74) is 3.99. The van der Waals surface area contributed by atoms with Crippen molar-refractivity contribution < 1.29 is 4.79 Å². The van der Waals surface area contributed by atoms with Gasteiger partial charge in [0.05, 0.1) is 15.9 Å². The Morgan fingerprint density at radius 2 is 1.85 bits per heavy atom. The number of hydrogen-bond donors (Lipinski definition) is 0. The zero-order chi connectivity index (χ0) is 19.6. The maximum absolute atomic E-state index is 13.2. The van der Waals surface area contributed by atoms with Crippen LogP contribution in [-0.2, 0) is 0 Å². The molecule has 0 atom stereocenters. The highest BCUT2D eigenvalue weighted by atomic mass is 32.1. The zero-order valence-corrected chi connectivity index (χ0v) is 18.1. The molecule has 0 N–H and O–H groups in total. The monoisotopic (exact) mass is 403 g/mol. The number of fused-ring (bicyclic) bond motifs is 1. The quantitative estimate of drug-likeness (QED) is 0.595. The van der Waals surface area contributed by atoms with Crippen molar-refractivity contribution in [3.63, 3.8) is 0 Å². The number of thiazole rings is 1. The summed E-state index contributed by atoms with van der Waals surface area (Å²) in [6.07, 6.45) is 0. The summed E-state index contributed by atoms with van der Waals surface area (Å²) in [4.78, 5) is 22.7. The number of aryl methyl sites for hydroxylation is 3. The van der Waals surface area contributed by atoms with E-state index in [0.717, 1.165) is 52.1 Å². The predicted molar refractivity (Wildman–Crippen MR) is 113 cm³/mol. The van der Waals surface area contributed by atoms with E-state index in [1.807, 2.05) is 6.92 Å². The van der Waals surface area contributed by atoms with Crippen LogP contribution in [0.1, 0.15) is 40.3 Å². The van der Waals surface area contributed by atoms with Gasteiger partial charge in [-0.05, 0) is 62.6 Å². The van der Waals surface area contributed by atoms with Crippen LogP contribution in [-0.4, -0.2) is 51.6 Å². The molecule has 0 bridgehead atoms. The maximum Gasteiger partial charge on any atom is 0.273 e. The Balaban J connectivity index is 1.99. The van der Waals surface area contributed by atoms with Gasteiger partial charge in [0, 0.05) is 13.1 Å². The van der Waals surface area contributed by atoms with Crippen LogP contribution in [0.2, 0.25) is 0 Å². The Morgan fingerprint density at radius 1 is 1.11 bits per heavy atom. The molecule has 0 spiro atoms. The molecule has 0 saturated heterocycles. The van der Waals surface area contributed by atoms with Crippen molar-refractivity contribution in [2.24, 2.45) is 0 Å². The summed E-state index contributed by atoms with van der Waals surface area (Å²) < 4.78 is 5.04. The first-order valence-electron chi connectivity index (χ1n) is 9.15. The Hall–Kier alpha value is -1.90. The van der Waals surface area contributed by atoms with Gasteiger partial charge in [0.15, 0.2) is 5.13 Å². The van der Waals surface area contributed by atoms with E-state index in [2.05, 4.69) is 54.3 Å². The van der Waals surface area contributed by atoms with E-state index >= 15 is 0 Å². The molecule has 8 heteroatoms. The minimum absolute atomic E-state index is 0.0666. The molecule has 0 fully saturated rings. The minimum Gasteiger partial charge on any atom is -0.302 e. The molecule has 0 aliphatic heterocycles. The Bertz CT molecular complexity index is 945. The van der Waals surface area contributed by atoms with Crippen LogP contribution in [0.3, 0.4) is 0 Å². The second-order valence-electron chi connectivity index (χ2n) is 6.60. The second-order valence-corrected chi connectivity index (χ2v) is 8.36. The van der Waals surface area contributed by atoms with Gasteiger partial charge in [-0.1, -0.05) is 35.7 Å². The van der Waals surface area contributed by atoms with Crippen molar-refractivity contribution in [2.75, 3.05) is 31.1 Å². The van der Waals surface area contributed by atoms with Crippen molar-refractivity contribution in [3.8, 4) is 0 Å². The molecule has 0 radical (unpaired) electrons. The normalized spacial score (nSPS) is 11.5. The van der Waals surface area contributed by atoms with Crippen LogP contribution in [0.15, 0.2) is 12.1 Å². The van der Waals surface area contributed by atoms with Crippen LogP contribution in [0.5, 0.6) is 0 Å². The molecule has 3 rings (SSSR count). The first kappa shape index (κ1) is 19.9. The molecule has 0 aliphatic rings. The van der Waals surface area contributed by atoms with Gasteiger partial charge in [-0.3, -0.25) is 9.69 Å². The number of rotatable bonds is 7. The number of hydrogen-bond acceptors (Lipinski definition) is 7. The number of anilines is 1. The number of carbonyl (C=O) groups excluding carboxylic acids is 1. The van der Waals surface area contributed by atoms with Gasteiger partial charge in [-0.2, -0.15) is 0 Å². The zero-order valence-electron chi connectivity index (χ0n) is 16.4. The van der Waals surface area contributed by atoms with Gasteiger partial charge < -0.3 is 4.90 Å². The topological polar surface area (TPSA) is 62.2 Å². The van der Waals surface area contributed by atoms with E-state index in [0.29, 0.717) is 17.1 Å². The number of nitrogens with zero attached hydrogens (tertiary/aromatic N) is 5. The maximum atomic E-state index is 13.2. The van der Waals surface area contributed by atoms with Crippen molar-refractivity contribution in [3.05, 3.63) is 33.8 Å². The average molecular weight is 404 g/mol. The van der Waals surface area contributed by atoms with E-state index in [-0.39, 0.29) is 5.91 Å². The Kier molecular flexibility index (Phi) is 6.18. The van der Waals surface area contributed by atoms with Crippen LogP contribution in [0.4, 0.5) is 5.13 Å². The largest absolute Gasteiger partial charge is 0.302 e. The number of aromatic nitrogens is 3. The van der Waals surface area contributed by atoms with E-state index in [1.54, 1.807) is 16.2 Å². The van der Waals surface area contributed by atoms with Crippen molar-refractivity contribution in [2.45, 2.75) is 34.6 Å². The van der Waals surface area contributed by atoms with Crippen LogP contribution >= 0.6 is 22.9 Å². The van der Waals surface area contributed by atoms with E-state index in [9.17, 15) is 4.79 Å². The van der Waals surface area contributed by atoms with Gasteiger partial charge in [0.1, 0.15) is 4.88 Å². The number of carbonyl (C=O) groups is 1. The van der Waals surface area contributed by atoms with E-state index < -0.39 is 0 Å². The molecule has 3 aromatic rings. The molecule has 2 aromatic heterocycles. The molecule has 0 aliphatic carbocycles. The first-order chi connectivity index (χ1) is 12.9. The molecule has 0 unspecified atom stereocenters. The van der Waals surface area contributed by atoms with E-state index in [1.165, 1.54) is 5.56 Å². The number of benzene rings is 1. The van der Waals surface area contributed by atoms with Gasteiger partial charge >= 0.3 is 0 Å². The molecule has 1 aromatic carbocycles. The van der Waals surface area contributed by atoms with Crippen LogP contribution < -0.4 is 4.90 Å². The summed E-state index contributed by atoms with van der Waals surface area (Å²) in [6.45, 7) is 13.6. The summed E-state index contributed by atoms with van der Waals surface area (Å²) in [5, 5.41) is 4.74. The average Bonchev–Trinajstić information content (AvgIpc) is 3.24. The minimum atomic E-state index is -0.0666. The highest BCUT2D eigenvalue weighted by Gasteiger charge is 2.25. The highest BCUT2D eigenvalue weighted by molar-refractivity contribution is 7.22. The second kappa shape index (κ2) is 8.41. The van der Waals surface area contributed by atoms with Crippen molar-refractivity contribution in [1.29, 1.82) is 0 Å². The molecule has 1 amide bonds. The van der Waals surface area contributed by atoms with Gasteiger partial charge in [-0.15, -0.1) is 5.10 Å². The molecular formula is C19H25N5OS2. The fraction of sp³-hybridized carbons (Fsp3) is 0.474. The summed E-state index contributed by atoms with van der Waals surface area (Å²) >= 11 is 2.72. The van der Waals surface area contributed by atoms with Crippen LogP contribution in [0, 0.1) is 20.8 Å². The molecule has 6 nitrogen and oxygen atoms in total. The fourth-order valence-corrected chi connectivity index (χ4v) is 4.86. The third-order valence-corrected chi connectivity index (χ3v) is 6.52. The lowest BCUT2D eigenvalue weighted by Gasteiger charge is -2.24. The summed E-state index contributed by atoms with van der Waals surface area (Å²) in [5.74, 6) is -0.0666. The smallest absolute Gasteiger partial charge is 0.273 e. The van der Waals surface area contributed by atoms with Crippen molar-refractivity contribution >= 4 is 44.1 Å². The number of amides is 1. The Morgan fingerprint density at radius 3 is 2.48 bits per heavy atom. The Labute approximate surface area is 168 Å². The van der Waals surface area contributed by atoms with E-state index in [4.69, 9.17) is 4.98 Å². The predicted octanol–water partition coefficient (Wildman–Crippen LogP) is 4.06. The molecule has 2 heterocycles. The molecule has 27 heavy (non-hydrogen) atoms. The standard InChI is InChI=1S/C19H25N5OS2/c1-6-23(7-2)8-9-24(18(25)17-14(5)21-22-27-17)19-20-16-13(4)10-12(3)11-15(16)26-19/h10-11H,6-9H2,1-5H3. The summed E-state index contributed by atoms with van der Waals surface area (Å²) in [6, 6.07) is 4.27. The first-order valence-corrected chi connectivity index (χ1v) is 10.7. The molecular weight excluding hydrogens is 378 g/mol. The van der Waals surface area contributed by atoms with Gasteiger partial charge in [0.25, 0.3) is 5.91 Å². The van der Waals surface area contributed by atoms with Gasteiger partial charge in [0.2, 0.25) is 0 Å². The van der Waals surface area contributed by atoms with Gasteiger partial charge in [-0.25, -0.2) is 4.98 Å². The third kappa shape index (κ3) is 4.17.